The van der Waals surface area contributed by atoms with Gasteiger partial charge in [0, 0.05) is 27.1 Å². The Kier molecular flexibility index (Phi) is 8.36. The minimum atomic E-state index is -0.334. The third-order valence-corrected chi connectivity index (χ3v) is 13.0. The lowest BCUT2D eigenvalue weighted by Crippen LogP contribution is -2.45. The quantitative estimate of drug-likeness (QED) is 0.175. The van der Waals surface area contributed by atoms with Crippen molar-refractivity contribution in [3.63, 3.8) is 0 Å². The normalized spacial score (nSPS) is 15.3. The number of hydrogen-bond donors (Lipinski definition) is 2. The topological polar surface area (TPSA) is 62.7 Å². The Balaban J connectivity index is 0.920. The maximum atomic E-state index is 6.55. The lowest BCUT2D eigenvalue weighted by Gasteiger charge is -2.33. The highest BCUT2D eigenvalue weighted by Gasteiger charge is 2.28. The molecule has 64 heavy (non-hydrogen) atoms. The van der Waals surface area contributed by atoms with Crippen LogP contribution < -0.4 is 10.6 Å². The van der Waals surface area contributed by atoms with Crippen LogP contribution in [0.25, 0.3) is 98.8 Å². The van der Waals surface area contributed by atoms with Crippen LogP contribution in [0.4, 0.5) is 0 Å². The molecule has 2 aromatic heterocycles. The summed E-state index contributed by atoms with van der Waals surface area (Å²) in [6, 6.07) is 75.3. The van der Waals surface area contributed by atoms with Crippen molar-refractivity contribution in [2.75, 3.05) is 0 Å². The van der Waals surface area contributed by atoms with Crippen molar-refractivity contribution < 1.29 is 8.83 Å². The molecule has 2 atom stereocenters. The standard InChI is InChI=1S/C59H39N3O2/c1-2-11-36(12-3-1)38-23-25-39(26-24-38)41-29-31-54-51(34-41)56-48(19-10-22-55(56)64-54)45-17-8-18-46-44(45)16-9-20-49(46)59-61-57(42-28-27-37-13-4-5-14-40(37)33-42)60-58(62-59)43-30-32-53-50(35-43)47-15-6-7-21-52(47)63-53/h1-35,58-59,62H,(H,60,61). The van der Waals surface area contributed by atoms with Crippen LogP contribution in [0.5, 0.6) is 0 Å². The first-order chi connectivity index (χ1) is 31.7. The summed E-state index contributed by atoms with van der Waals surface area (Å²) < 4.78 is 12.8. The average molecular weight is 822 g/mol. The Morgan fingerprint density at radius 2 is 1.00 bits per heavy atom. The zero-order valence-electron chi connectivity index (χ0n) is 34.6. The molecule has 0 radical (unpaired) electrons. The van der Waals surface area contributed by atoms with Crippen LogP contribution in [-0.4, -0.2) is 5.84 Å². The van der Waals surface area contributed by atoms with Crippen LogP contribution in [0, 0.1) is 0 Å². The average Bonchev–Trinajstić information content (AvgIpc) is 3.94. The summed E-state index contributed by atoms with van der Waals surface area (Å²) in [4.78, 5) is 5.38. The van der Waals surface area contributed by atoms with Crippen molar-refractivity contribution in [1.82, 2.24) is 10.6 Å². The number of fused-ring (bicyclic) bond motifs is 8. The summed E-state index contributed by atoms with van der Waals surface area (Å²) in [6.07, 6.45) is -0.597. The smallest absolute Gasteiger partial charge is 0.136 e. The molecule has 0 amide bonds. The molecule has 0 saturated carbocycles. The summed E-state index contributed by atoms with van der Waals surface area (Å²) in [6.45, 7) is 0. The molecule has 2 unspecified atom stereocenters. The molecule has 5 heteroatoms. The largest absolute Gasteiger partial charge is 0.456 e. The Morgan fingerprint density at radius 1 is 0.375 bits per heavy atom. The molecule has 0 saturated heterocycles. The third-order valence-electron chi connectivity index (χ3n) is 13.0. The third kappa shape index (κ3) is 6.09. The van der Waals surface area contributed by atoms with E-state index in [1.807, 2.05) is 12.1 Å². The maximum Gasteiger partial charge on any atom is 0.136 e. The van der Waals surface area contributed by atoms with E-state index in [0.717, 1.165) is 93.9 Å². The number of benzene rings is 10. The van der Waals surface area contributed by atoms with Gasteiger partial charge in [-0.3, -0.25) is 5.32 Å². The van der Waals surface area contributed by atoms with Gasteiger partial charge in [0.1, 0.15) is 40.5 Å². The summed E-state index contributed by atoms with van der Waals surface area (Å²) >= 11 is 0. The molecular weight excluding hydrogens is 783 g/mol. The van der Waals surface area contributed by atoms with Crippen LogP contribution in [-0.2, 0) is 0 Å². The first-order valence-electron chi connectivity index (χ1n) is 21.8. The summed E-state index contributed by atoms with van der Waals surface area (Å²) in [5.74, 6) is 0.838. The molecule has 0 spiro atoms. The predicted octanol–water partition coefficient (Wildman–Crippen LogP) is 15.1. The van der Waals surface area contributed by atoms with E-state index in [0.29, 0.717) is 0 Å². The number of nitrogens with zero attached hydrogens (tertiary/aromatic N) is 1. The van der Waals surface area contributed by atoms with Crippen LogP contribution >= 0.6 is 0 Å². The zero-order valence-corrected chi connectivity index (χ0v) is 34.6. The van der Waals surface area contributed by atoms with E-state index in [4.69, 9.17) is 13.8 Å². The van der Waals surface area contributed by atoms with Gasteiger partial charge in [-0.25, -0.2) is 4.99 Å². The van der Waals surface area contributed by atoms with Crippen molar-refractivity contribution >= 4 is 71.3 Å². The lowest BCUT2D eigenvalue weighted by atomic mass is 9.91. The minimum absolute atomic E-state index is 0.263. The SMILES string of the molecule is c1ccc(-c2ccc(-c3ccc4oc5cccc(-c6cccc7c(C8NC(c9ccc%10ccccc%10c9)=NC(c9ccc%10oc%11ccccc%11c%10c9)N8)cccc67)c5c4c3)cc2)cc1. The molecule has 12 aromatic rings. The van der Waals surface area contributed by atoms with E-state index in [2.05, 4.69) is 211 Å². The van der Waals surface area contributed by atoms with Crippen molar-refractivity contribution in [2.24, 2.45) is 4.99 Å². The Morgan fingerprint density at radius 3 is 1.91 bits per heavy atom. The molecule has 10 aromatic carbocycles. The van der Waals surface area contributed by atoms with E-state index in [-0.39, 0.29) is 12.3 Å². The van der Waals surface area contributed by atoms with Gasteiger partial charge < -0.3 is 14.2 Å². The van der Waals surface area contributed by atoms with E-state index in [1.54, 1.807) is 0 Å². The number of hydrogen-bond acceptors (Lipinski definition) is 5. The van der Waals surface area contributed by atoms with Gasteiger partial charge in [0.15, 0.2) is 0 Å². The maximum absolute atomic E-state index is 6.55. The van der Waals surface area contributed by atoms with Gasteiger partial charge in [0.05, 0.1) is 0 Å². The number of amidine groups is 1. The summed E-state index contributed by atoms with van der Waals surface area (Å²) in [5, 5.41) is 16.8. The highest BCUT2D eigenvalue weighted by molar-refractivity contribution is 6.16. The highest BCUT2D eigenvalue weighted by atomic mass is 16.3. The molecule has 13 rings (SSSR count). The molecule has 5 nitrogen and oxygen atoms in total. The molecule has 1 aliphatic heterocycles. The van der Waals surface area contributed by atoms with Crippen LogP contribution in [0.3, 0.4) is 0 Å². The summed E-state index contributed by atoms with van der Waals surface area (Å²) in [7, 11) is 0. The van der Waals surface area contributed by atoms with Gasteiger partial charge in [-0.2, -0.15) is 0 Å². The molecule has 1 aliphatic rings. The fourth-order valence-electron chi connectivity index (χ4n) is 9.82. The monoisotopic (exact) mass is 821 g/mol. The molecule has 302 valence electrons. The molecule has 2 N–H and O–H groups in total. The number of aliphatic imine (C=N–C) groups is 1. The van der Waals surface area contributed by atoms with Gasteiger partial charge in [-0.15, -0.1) is 0 Å². The first kappa shape index (κ1) is 36.4. The Labute approximate surface area is 368 Å². The van der Waals surface area contributed by atoms with Crippen LogP contribution in [0.1, 0.15) is 29.0 Å². The number of rotatable bonds is 6. The second-order valence-electron chi connectivity index (χ2n) is 16.7. The van der Waals surface area contributed by atoms with Gasteiger partial charge >= 0.3 is 0 Å². The van der Waals surface area contributed by atoms with Crippen LogP contribution in [0.15, 0.2) is 226 Å². The predicted molar refractivity (Wildman–Crippen MR) is 263 cm³/mol. The van der Waals surface area contributed by atoms with E-state index < -0.39 is 0 Å². The van der Waals surface area contributed by atoms with Crippen LogP contribution in [0.2, 0.25) is 0 Å². The molecule has 0 aliphatic carbocycles. The van der Waals surface area contributed by atoms with Gasteiger partial charge in [-0.1, -0.05) is 170 Å². The zero-order chi connectivity index (χ0) is 42.1. The van der Waals surface area contributed by atoms with E-state index >= 15 is 0 Å². The van der Waals surface area contributed by atoms with Crippen molar-refractivity contribution in [3.8, 4) is 33.4 Å². The minimum Gasteiger partial charge on any atom is -0.456 e. The molecule has 3 heterocycles. The molecule has 0 fully saturated rings. The van der Waals surface area contributed by atoms with Gasteiger partial charge in [0.2, 0.25) is 0 Å². The number of para-hydroxylation sites is 1. The second-order valence-corrected chi connectivity index (χ2v) is 16.7. The van der Waals surface area contributed by atoms with Gasteiger partial charge in [0.25, 0.3) is 0 Å². The van der Waals surface area contributed by atoms with E-state index in [1.165, 1.54) is 27.5 Å². The fraction of sp³-hybridized carbons (Fsp3) is 0.0339. The molecular formula is C59H39N3O2. The lowest BCUT2D eigenvalue weighted by molar-refractivity contribution is 0.411. The number of furan rings is 2. The Hall–Kier alpha value is -8.25. The highest BCUT2D eigenvalue weighted by Crippen LogP contribution is 2.42. The molecule has 0 bridgehead atoms. The van der Waals surface area contributed by atoms with E-state index in [9.17, 15) is 0 Å². The first-order valence-corrected chi connectivity index (χ1v) is 21.8. The Bertz CT molecular complexity index is 3810. The van der Waals surface area contributed by atoms with Crippen molar-refractivity contribution in [2.45, 2.75) is 12.3 Å². The van der Waals surface area contributed by atoms with Crippen molar-refractivity contribution in [1.29, 1.82) is 0 Å². The summed E-state index contributed by atoms with van der Waals surface area (Å²) in [5.41, 5.74) is 13.7. The van der Waals surface area contributed by atoms with Gasteiger partial charge in [-0.05, 0) is 109 Å². The fourth-order valence-corrected chi connectivity index (χ4v) is 9.82. The second kappa shape index (κ2) is 14.7. The van der Waals surface area contributed by atoms with Crippen molar-refractivity contribution in [3.05, 3.63) is 229 Å². The number of nitrogens with one attached hydrogen (secondary N) is 2.